The van der Waals surface area contributed by atoms with E-state index >= 15 is 0 Å². The summed E-state index contributed by atoms with van der Waals surface area (Å²) in [5.41, 5.74) is -0.205. The Balaban J connectivity index is 2.17. The summed E-state index contributed by atoms with van der Waals surface area (Å²) in [5, 5.41) is 12.2. The van der Waals surface area contributed by atoms with Gasteiger partial charge in [0.25, 0.3) is 0 Å². The van der Waals surface area contributed by atoms with Crippen LogP contribution in [0.5, 0.6) is 0 Å². The minimum absolute atomic E-state index is 0.0707. The van der Waals surface area contributed by atoms with Crippen molar-refractivity contribution in [2.24, 2.45) is 0 Å². The predicted molar refractivity (Wildman–Crippen MR) is 62.1 cm³/mol. The molecular formula is C12H23NO3. The third-order valence-electron chi connectivity index (χ3n) is 2.61. The standard InChI is InChI=1S/C12H23NO3/c1-12(2,3)13-11(15)8-16-10-6-4-9(14)5-7-10/h9-10,14H,4-8H2,1-3H3,(H,13,15). The number of hydrogen-bond acceptors (Lipinski definition) is 3. The first-order chi connectivity index (χ1) is 7.37. The van der Waals surface area contributed by atoms with Crippen LogP contribution in [0.2, 0.25) is 0 Å². The van der Waals surface area contributed by atoms with Crippen molar-refractivity contribution in [2.45, 2.75) is 64.2 Å². The minimum atomic E-state index is -0.205. The Hall–Kier alpha value is -0.610. The van der Waals surface area contributed by atoms with Crippen LogP contribution in [0.1, 0.15) is 46.5 Å². The zero-order chi connectivity index (χ0) is 12.2. The number of carbonyl (C=O) groups is 1. The van der Waals surface area contributed by atoms with Crippen LogP contribution in [0.15, 0.2) is 0 Å². The molecule has 0 heterocycles. The number of rotatable bonds is 3. The van der Waals surface area contributed by atoms with E-state index in [2.05, 4.69) is 5.32 Å². The zero-order valence-corrected chi connectivity index (χ0v) is 10.5. The molecule has 0 radical (unpaired) electrons. The minimum Gasteiger partial charge on any atom is -0.393 e. The van der Waals surface area contributed by atoms with Crippen LogP contribution in [0.25, 0.3) is 0 Å². The third-order valence-corrected chi connectivity index (χ3v) is 2.61. The lowest BCUT2D eigenvalue weighted by Gasteiger charge is -2.26. The van der Waals surface area contributed by atoms with E-state index in [1.165, 1.54) is 0 Å². The maximum Gasteiger partial charge on any atom is 0.246 e. The van der Waals surface area contributed by atoms with Gasteiger partial charge in [0, 0.05) is 5.54 Å². The summed E-state index contributed by atoms with van der Waals surface area (Å²) in [6, 6.07) is 0. The first-order valence-corrected chi connectivity index (χ1v) is 5.97. The molecule has 16 heavy (non-hydrogen) atoms. The molecule has 1 rings (SSSR count). The van der Waals surface area contributed by atoms with Crippen LogP contribution in [0, 0.1) is 0 Å². The van der Waals surface area contributed by atoms with Crippen molar-refractivity contribution >= 4 is 5.91 Å². The fourth-order valence-electron chi connectivity index (χ4n) is 1.86. The van der Waals surface area contributed by atoms with Gasteiger partial charge in [-0.05, 0) is 46.5 Å². The first kappa shape index (κ1) is 13.5. The molecule has 0 saturated heterocycles. The summed E-state index contributed by atoms with van der Waals surface area (Å²) in [6.45, 7) is 5.96. The van der Waals surface area contributed by atoms with Gasteiger partial charge in [-0.15, -0.1) is 0 Å². The number of hydrogen-bond donors (Lipinski definition) is 2. The Morgan fingerprint density at radius 3 is 2.38 bits per heavy atom. The molecule has 1 amide bonds. The van der Waals surface area contributed by atoms with Gasteiger partial charge in [0.15, 0.2) is 0 Å². The molecule has 4 nitrogen and oxygen atoms in total. The molecule has 0 atom stereocenters. The molecule has 4 heteroatoms. The summed E-state index contributed by atoms with van der Waals surface area (Å²) in [4.78, 5) is 11.5. The summed E-state index contributed by atoms with van der Waals surface area (Å²) in [7, 11) is 0. The van der Waals surface area contributed by atoms with E-state index in [9.17, 15) is 9.90 Å². The van der Waals surface area contributed by atoms with E-state index < -0.39 is 0 Å². The van der Waals surface area contributed by atoms with E-state index in [1.54, 1.807) is 0 Å². The lowest BCUT2D eigenvalue weighted by molar-refractivity contribution is -0.130. The van der Waals surface area contributed by atoms with Crippen molar-refractivity contribution in [3.63, 3.8) is 0 Å². The average Bonchev–Trinajstić information content (AvgIpc) is 2.14. The number of nitrogens with one attached hydrogen (secondary N) is 1. The van der Waals surface area contributed by atoms with Crippen LogP contribution >= 0.6 is 0 Å². The SMILES string of the molecule is CC(C)(C)NC(=O)COC1CCC(O)CC1. The van der Waals surface area contributed by atoms with Gasteiger partial charge in [-0.25, -0.2) is 0 Å². The van der Waals surface area contributed by atoms with Crippen molar-refractivity contribution in [3.05, 3.63) is 0 Å². The maximum absolute atomic E-state index is 11.5. The van der Waals surface area contributed by atoms with Crippen molar-refractivity contribution < 1.29 is 14.6 Å². The highest BCUT2D eigenvalue weighted by Gasteiger charge is 2.21. The third kappa shape index (κ3) is 5.47. The number of aliphatic hydroxyl groups excluding tert-OH is 1. The van der Waals surface area contributed by atoms with E-state index in [0.29, 0.717) is 0 Å². The van der Waals surface area contributed by atoms with Crippen molar-refractivity contribution in [1.29, 1.82) is 0 Å². The Morgan fingerprint density at radius 2 is 1.88 bits per heavy atom. The second-order valence-electron chi connectivity index (χ2n) is 5.54. The molecule has 0 aromatic rings. The molecule has 2 N–H and O–H groups in total. The van der Waals surface area contributed by atoms with E-state index in [1.807, 2.05) is 20.8 Å². The Morgan fingerprint density at radius 1 is 1.31 bits per heavy atom. The maximum atomic E-state index is 11.5. The highest BCUT2D eigenvalue weighted by molar-refractivity contribution is 5.77. The van der Waals surface area contributed by atoms with E-state index in [-0.39, 0.29) is 30.3 Å². The van der Waals surface area contributed by atoms with Gasteiger partial charge in [0.1, 0.15) is 6.61 Å². The second-order valence-corrected chi connectivity index (χ2v) is 5.54. The second kappa shape index (κ2) is 5.64. The Labute approximate surface area is 97.4 Å². The number of aliphatic hydroxyl groups is 1. The molecule has 1 fully saturated rings. The molecule has 1 saturated carbocycles. The highest BCUT2D eigenvalue weighted by Crippen LogP contribution is 2.20. The molecule has 0 spiro atoms. The fraction of sp³-hybridized carbons (Fsp3) is 0.917. The highest BCUT2D eigenvalue weighted by atomic mass is 16.5. The number of amides is 1. The monoisotopic (exact) mass is 229 g/mol. The lowest BCUT2D eigenvalue weighted by atomic mass is 9.95. The average molecular weight is 229 g/mol. The smallest absolute Gasteiger partial charge is 0.246 e. The van der Waals surface area contributed by atoms with Crippen LogP contribution in [0.4, 0.5) is 0 Å². The number of carbonyl (C=O) groups excluding carboxylic acids is 1. The van der Waals surface area contributed by atoms with Gasteiger partial charge in [-0.2, -0.15) is 0 Å². The first-order valence-electron chi connectivity index (χ1n) is 5.97. The molecule has 0 aromatic carbocycles. The Bertz CT molecular complexity index is 227. The largest absolute Gasteiger partial charge is 0.393 e. The summed E-state index contributed by atoms with van der Waals surface area (Å²) >= 11 is 0. The van der Waals surface area contributed by atoms with Gasteiger partial charge in [-0.1, -0.05) is 0 Å². The molecule has 0 bridgehead atoms. The van der Waals surface area contributed by atoms with Crippen LogP contribution in [-0.2, 0) is 9.53 Å². The summed E-state index contributed by atoms with van der Waals surface area (Å²) < 4.78 is 5.52. The van der Waals surface area contributed by atoms with Crippen molar-refractivity contribution in [3.8, 4) is 0 Å². The van der Waals surface area contributed by atoms with Crippen LogP contribution in [0.3, 0.4) is 0 Å². The predicted octanol–water partition coefficient (Wildman–Crippen LogP) is 1.22. The molecule has 1 aliphatic carbocycles. The lowest BCUT2D eigenvalue weighted by Crippen LogP contribution is -2.43. The summed E-state index contributed by atoms with van der Waals surface area (Å²) in [5.74, 6) is -0.0707. The molecular weight excluding hydrogens is 206 g/mol. The van der Waals surface area contributed by atoms with Crippen LogP contribution in [-0.4, -0.2) is 35.4 Å². The van der Waals surface area contributed by atoms with Gasteiger partial charge >= 0.3 is 0 Å². The van der Waals surface area contributed by atoms with Gasteiger partial charge in [0.2, 0.25) is 5.91 Å². The molecule has 94 valence electrons. The molecule has 0 aliphatic heterocycles. The quantitative estimate of drug-likeness (QED) is 0.765. The summed E-state index contributed by atoms with van der Waals surface area (Å²) in [6.07, 6.45) is 3.22. The normalized spacial score (nSPS) is 26.5. The van der Waals surface area contributed by atoms with E-state index in [4.69, 9.17) is 4.74 Å². The van der Waals surface area contributed by atoms with E-state index in [0.717, 1.165) is 25.7 Å². The molecule has 0 aromatic heterocycles. The van der Waals surface area contributed by atoms with Crippen molar-refractivity contribution in [1.82, 2.24) is 5.32 Å². The van der Waals surface area contributed by atoms with Gasteiger partial charge < -0.3 is 15.2 Å². The van der Waals surface area contributed by atoms with Gasteiger partial charge in [0.05, 0.1) is 12.2 Å². The topological polar surface area (TPSA) is 58.6 Å². The van der Waals surface area contributed by atoms with Crippen molar-refractivity contribution in [2.75, 3.05) is 6.61 Å². The number of ether oxygens (including phenoxy) is 1. The molecule has 1 aliphatic rings. The molecule has 0 unspecified atom stereocenters. The Kier molecular flexibility index (Phi) is 4.74. The van der Waals surface area contributed by atoms with Gasteiger partial charge in [-0.3, -0.25) is 4.79 Å². The zero-order valence-electron chi connectivity index (χ0n) is 10.5. The van der Waals surface area contributed by atoms with Crippen LogP contribution < -0.4 is 5.32 Å². The fourth-order valence-corrected chi connectivity index (χ4v) is 1.86.